The number of aromatic nitrogens is 4. The molecule has 11 rings (SSSR count). The number of carbonyl (C=O) groups excluding carboxylic acids is 2. The molecular weight excluding hydrogens is 645 g/mol. The number of imidazole rings is 1. The van der Waals surface area contributed by atoms with E-state index in [9.17, 15) is 14.0 Å². The lowest BCUT2D eigenvalue weighted by Crippen LogP contribution is -2.46. The summed E-state index contributed by atoms with van der Waals surface area (Å²) in [6, 6.07) is 0. The summed E-state index contributed by atoms with van der Waals surface area (Å²) < 4.78 is 44.9. The van der Waals surface area contributed by atoms with Gasteiger partial charge in [-0.25, -0.2) is 14.6 Å². The third kappa shape index (κ3) is 6.08. The molecule has 3 heterocycles. The number of fused-ring (bicyclic) bond motifs is 1. The largest absolute Gasteiger partial charge is 0.508 e. The molecule has 1 aliphatic heterocycles. The lowest BCUT2D eigenvalue weighted by molar-refractivity contribution is -0.129. The number of nitrogen functional groups attached to an aromatic ring is 1. The zero-order valence-electron chi connectivity index (χ0n) is 29.0. The van der Waals surface area contributed by atoms with Crippen LogP contribution in [0.3, 0.4) is 0 Å². The molecule has 9 fully saturated rings. The molecule has 0 aromatic carbocycles. The monoisotopic (exact) mass is 695 g/mol. The Morgan fingerprint density at radius 2 is 1.34 bits per heavy atom. The highest BCUT2D eigenvalue weighted by molar-refractivity contribution is 5.81. The van der Waals surface area contributed by atoms with Crippen molar-refractivity contribution < 1.29 is 37.7 Å². The SMILES string of the molecule is C[C@]1(COC(=O)OCCC23CC4CC(CC(C4)C2)C3)O[C@@H](n2cnc3c(N)nc(F)nc32)C[C@@H]1OC(=O)OCCC12CC3CC(CC(C3)C1)C2. The van der Waals surface area contributed by atoms with E-state index in [1.807, 2.05) is 0 Å². The summed E-state index contributed by atoms with van der Waals surface area (Å²) in [4.78, 5) is 37.8. The molecule has 50 heavy (non-hydrogen) atoms. The highest BCUT2D eigenvalue weighted by atomic mass is 19.1. The van der Waals surface area contributed by atoms with E-state index in [4.69, 9.17) is 29.4 Å². The average Bonchev–Trinajstić information content (AvgIpc) is 3.59. The van der Waals surface area contributed by atoms with Crippen LogP contribution >= 0.6 is 0 Å². The van der Waals surface area contributed by atoms with Gasteiger partial charge in [0.2, 0.25) is 0 Å². The second kappa shape index (κ2) is 12.2. The maximum atomic E-state index is 14.2. The number of hydrogen-bond acceptors (Lipinski definition) is 11. The van der Waals surface area contributed by atoms with Crippen LogP contribution in [0.2, 0.25) is 0 Å². The van der Waals surface area contributed by atoms with E-state index < -0.39 is 36.3 Å². The summed E-state index contributed by atoms with van der Waals surface area (Å²) >= 11 is 0. The molecule has 13 heteroatoms. The Balaban J connectivity index is 0.838. The molecule has 272 valence electrons. The number of nitrogens with two attached hydrogens (primary N) is 1. The summed E-state index contributed by atoms with van der Waals surface area (Å²) in [6.45, 7) is 2.09. The molecule has 9 aliphatic rings. The van der Waals surface area contributed by atoms with Crippen LogP contribution in [0, 0.1) is 52.4 Å². The van der Waals surface area contributed by atoms with Crippen molar-refractivity contribution in [3.63, 3.8) is 0 Å². The van der Waals surface area contributed by atoms with Crippen LogP contribution in [0.1, 0.15) is 109 Å². The van der Waals surface area contributed by atoms with Gasteiger partial charge in [-0.15, -0.1) is 0 Å². The first kappa shape index (κ1) is 32.7. The fourth-order valence-electron chi connectivity index (χ4n) is 12.7. The fourth-order valence-corrected chi connectivity index (χ4v) is 12.7. The minimum Gasteiger partial charge on any atom is -0.434 e. The number of carbonyl (C=O) groups is 2. The van der Waals surface area contributed by atoms with Crippen LogP contribution < -0.4 is 5.73 Å². The number of hydrogen-bond donors (Lipinski definition) is 1. The summed E-state index contributed by atoms with van der Waals surface area (Å²) in [5.41, 5.74) is 5.56. The molecule has 2 aromatic rings. The van der Waals surface area contributed by atoms with Gasteiger partial charge in [0.1, 0.15) is 24.5 Å². The minimum absolute atomic E-state index is 0.0953. The predicted octanol–water partition coefficient (Wildman–Crippen LogP) is 7.11. The van der Waals surface area contributed by atoms with Crippen molar-refractivity contribution in [3.05, 3.63) is 12.4 Å². The van der Waals surface area contributed by atoms with Crippen LogP contribution in [0.5, 0.6) is 0 Å². The normalized spacial score (nSPS) is 40.8. The van der Waals surface area contributed by atoms with Gasteiger partial charge in [-0.2, -0.15) is 14.4 Å². The number of rotatable bonds is 10. The Hall–Kier alpha value is -3.22. The van der Waals surface area contributed by atoms with Gasteiger partial charge in [0.25, 0.3) is 0 Å². The molecule has 3 atom stereocenters. The molecule has 0 unspecified atom stereocenters. The molecule has 2 aromatic heterocycles. The van der Waals surface area contributed by atoms with Crippen molar-refractivity contribution in [2.24, 2.45) is 46.3 Å². The van der Waals surface area contributed by atoms with Crippen LogP contribution in [-0.4, -0.2) is 63.4 Å². The van der Waals surface area contributed by atoms with Gasteiger partial charge in [0.05, 0.1) is 19.5 Å². The van der Waals surface area contributed by atoms with Crippen LogP contribution in [-0.2, 0) is 23.7 Å². The molecule has 0 radical (unpaired) electrons. The Bertz CT molecular complexity index is 1580. The maximum absolute atomic E-state index is 14.2. The third-order valence-corrected chi connectivity index (χ3v) is 14.0. The average molecular weight is 696 g/mol. The lowest BCUT2D eigenvalue weighted by Gasteiger charge is -2.57. The molecule has 8 aliphatic carbocycles. The quantitative estimate of drug-likeness (QED) is 0.200. The van der Waals surface area contributed by atoms with E-state index in [-0.39, 0.29) is 40.8 Å². The van der Waals surface area contributed by atoms with Crippen molar-refractivity contribution in [2.75, 3.05) is 25.6 Å². The van der Waals surface area contributed by atoms with Crippen LogP contribution in [0.4, 0.5) is 19.8 Å². The first-order valence-electron chi connectivity index (χ1n) is 19.0. The summed E-state index contributed by atoms with van der Waals surface area (Å²) in [7, 11) is 0. The highest BCUT2D eigenvalue weighted by Crippen LogP contribution is 2.62. The van der Waals surface area contributed by atoms with Crippen LogP contribution in [0.25, 0.3) is 11.2 Å². The van der Waals surface area contributed by atoms with E-state index >= 15 is 0 Å². The number of nitrogens with zero attached hydrogens (tertiary/aromatic N) is 4. The second-order valence-corrected chi connectivity index (χ2v) is 17.8. The van der Waals surface area contributed by atoms with Crippen molar-refractivity contribution in [2.45, 2.75) is 121 Å². The molecule has 12 nitrogen and oxygen atoms in total. The topological polar surface area (TPSA) is 150 Å². The van der Waals surface area contributed by atoms with Crippen molar-refractivity contribution in [1.29, 1.82) is 0 Å². The molecule has 0 spiro atoms. The summed E-state index contributed by atoms with van der Waals surface area (Å²) in [5.74, 6) is 4.84. The summed E-state index contributed by atoms with van der Waals surface area (Å²) in [5, 5.41) is 0. The van der Waals surface area contributed by atoms with E-state index in [1.54, 1.807) is 6.92 Å². The van der Waals surface area contributed by atoms with Crippen molar-refractivity contribution >= 4 is 29.3 Å². The molecule has 1 saturated heterocycles. The molecule has 8 bridgehead atoms. The van der Waals surface area contributed by atoms with Gasteiger partial charge in [0, 0.05) is 6.42 Å². The van der Waals surface area contributed by atoms with E-state index in [1.165, 1.54) is 87.9 Å². The molecular formula is C37H50FN5O7. The second-order valence-electron chi connectivity index (χ2n) is 17.8. The highest BCUT2D eigenvalue weighted by Gasteiger charge is 2.53. The first-order valence-corrected chi connectivity index (χ1v) is 19.0. The van der Waals surface area contributed by atoms with Gasteiger partial charge >= 0.3 is 18.4 Å². The van der Waals surface area contributed by atoms with Gasteiger partial charge < -0.3 is 29.4 Å². The third-order valence-electron chi connectivity index (χ3n) is 14.0. The smallest absolute Gasteiger partial charge is 0.434 e. The van der Waals surface area contributed by atoms with Crippen LogP contribution in [0.15, 0.2) is 6.33 Å². The zero-order valence-corrected chi connectivity index (χ0v) is 29.0. The van der Waals surface area contributed by atoms with E-state index in [2.05, 4.69) is 15.0 Å². The minimum atomic E-state index is -1.27. The van der Waals surface area contributed by atoms with E-state index in [0.717, 1.165) is 48.3 Å². The first-order chi connectivity index (χ1) is 24.0. The molecule has 8 saturated carbocycles. The van der Waals surface area contributed by atoms with Gasteiger partial charge in [-0.1, -0.05) is 0 Å². The Morgan fingerprint density at radius 3 is 1.88 bits per heavy atom. The standard InChI is InChI=1S/C37H50FN5O7/c1-35(19-48-33(44)46-4-2-36-13-21-6-22(14-36)8-23(7-21)15-36)27(12-28(50-35)43-20-40-29-30(39)41-32(38)42-31(29)43)49-34(45)47-5-3-37-16-24-9-25(17-37)11-26(10-24)18-37/h20-28H,2-19H2,1H3,(H2,39,41,42)/t21?,22?,23?,24?,25?,26?,27-,28+,35+,36?,37?/m0/s1. The predicted molar refractivity (Wildman–Crippen MR) is 177 cm³/mol. The maximum Gasteiger partial charge on any atom is 0.508 e. The van der Waals surface area contributed by atoms with Gasteiger partial charge in [0.15, 0.2) is 17.0 Å². The lowest BCUT2D eigenvalue weighted by atomic mass is 9.49. The molecule has 0 amide bonds. The Kier molecular flexibility index (Phi) is 7.97. The number of ether oxygens (including phenoxy) is 5. The fraction of sp³-hybridized carbons (Fsp3) is 0.811. The Labute approximate surface area is 291 Å². The summed E-state index contributed by atoms with van der Waals surface area (Å²) in [6.07, 6.45) is 14.7. The molecule has 2 N–H and O–H groups in total. The zero-order chi connectivity index (χ0) is 34.3. The Morgan fingerprint density at radius 1 is 0.820 bits per heavy atom. The number of halogens is 1. The van der Waals surface area contributed by atoms with Gasteiger partial charge in [-0.05, 0) is 143 Å². The van der Waals surface area contributed by atoms with Crippen molar-refractivity contribution in [3.8, 4) is 0 Å². The van der Waals surface area contributed by atoms with E-state index in [0.29, 0.717) is 13.2 Å². The van der Waals surface area contributed by atoms with Gasteiger partial charge in [-0.3, -0.25) is 4.57 Å². The van der Waals surface area contributed by atoms with Crippen molar-refractivity contribution in [1.82, 2.24) is 19.5 Å². The number of anilines is 1.